The molecule has 6 heteroatoms. The minimum absolute atomic E-state index is 0.152. The summed E-state index contributed by atoms with van der Waals surface area (Å²) in [5, 5.41) is 4.46. The van der Waals surface area contributed by atoms with Gasteiger partial charge >= 0.3 is 0 Å². The van der Waals surface area contributed by atoms with Crippen molar-refractivity contribution in [1.29, 1.82) is 0 Å². The summed E-state index contributed by atoms with van der Waals surface area (Å²) in [5.74, 6) is 0.00130. The van der Waals surface area contributed by atoms with Gasteiger partial charge in [-0.15, -0.1) is 11.3 Å². The highest BCUT2D eigenvalue weighted by Gasteiger charge is 2.12. The maximum absolute atomic E-state index is 13.8. The molecule has 0 aliphatic heterocycles. The number of carbonyl (C=O) groups excluding carboxylic acids is 1. The third-order valence-electron chi connectivity index (χ3n) is 3.78. The Morgan fingerprint density at radius 3 is 2.73 bits per heavy atom. The van der Waals surface area contributed by atoms with Gasteiger partial charge in [-0.05, 0) is 55.1 Å². The maximum atomic E-state index is 13.8. The maximum Gasteiger partial charge on any atom is 0.265 e. The summed E-state index contributed by atoms with van der Waals surface area (Å²) in [4.78, 5) is 12.8. The number of benzene rings is 2. The number of amides is 1. The molecule has 0 radical (unpaired) electrons. The van der Waals surface area contributed by atoms with Crippen LogP contribution in [0.3, 0.4) is 0 Å². The SMILES string of the molecule is Cc1ccc(OCc2csc(C(=O)Nc3ccc(Br)cc3F)c2)c(C)c1. The number of hydrogen-bond donors (Lipinski definition) is 1. The second kappa shape index (κ2) is 8.01. The third-order valence-corrected chi connectivity index (χ3v) is 5.25. The largest absolute Gasteiger partial charge is 0.489 e. The molecule has 0 bridgehead atoms. The van der Waals surface area contributed by atoms with E-state index >= 15 is 0 Å². The number of carbonyl (C=O) groups is 1. The minimum Gasteiger partial charge on any atom is -0.489 e. The van der Waals surface area contributed by atoms with Crippen molar-refractivity contribution in [1.82, 2.24) is 0 Å². The van der Waals surface area contributed by atoms with Crippen LogP contribution in [0.1, 0.15) is 26.4 Å². The fourth-order valence-electron chi connectivity index (χ4n) is 2.47. The van der Waals surface area contributed by atoms with Crippen molar-refractivity contribution in [3.8, 4) is 5.75 Å². The lowest BCUT2D eigenvalue weighted by atomic mass is 10.1. The van der Waals surface area contributed by atoms with Crippen molar-refractivity contribution < 1.29 is 13.9 Å². The van der Waals surface area contributed by atoms with Crippen LogP contribution in [0.2, 0.25) is 0 Å². The highest BCUT2D eigenvalue weighted by molar-refractivity contribution is 9.10. The van der Waals surface area contributed by atoms with Gasteiger partial charge in [0.2, 0.25) is 0 Å². The summed E-state index contributed by atoms with van der Waals surface area (Å²) in [6, 6.07) is 12.3. The summed E-state index contributed by atoms with van der Waals surface area (Å²) in [6.07, 6.45) is 0. The fourth-order valence-corrected chi connectivity index (χ4v) is 3.59. The van der Waals surface area contributed by atoms with Gasteiger partial charge in [0.05, 0.1) is 10.6 Å². The van der Waals surface area contributed by atoms with Crippen molar-refractivity contribution in [2.75, 3.05) is 5.32 Å². The first-order valence-corrected chi connectivity index (χ1v) is 9.63. The van der Waals surface area contributed by atoms with Gasteiger partial charge in [-0.2, -0.15) is 0 Å². The first-order valence-electron chi connectivity index (χ1n) is 7.96. The summed E-state index contributed by atoms with van der Waals surface area (Å²) in [5.41, 5.74) is 3.31. The van der Waals surface area contributed by atoms with Gasteiger partial charge in [-0.25, -0.2) is 4.39 Å². The van der Waals surface area contributed by atoms with Gasteiger partial charge in [-0.1, -0.05) is 33.6 Å². The van der Waals surface area contributed by atoms with E-state index in [1.165, 1.54) is 29.0 Å². The Hall–Kier alpha value is -2.18. The smallest absolute Gasteiger partial charge is 0.265 e. The summed E-state index contributed by atoms with van der Waals surface area (Å²) in [6.45, 7) is 4.41. The van der Waals surface area contributed by atoms with Crippen molar-refractivity contribution in [2.24, 2.45) is 0 Å². The Morgan fingerprint density at radius 1 is 1.19 bits per heavy atom. The number of hydrogen-bond acceptors (Lipinski definition) is 3. The lowest BCUT2D eigenvalue weighted by Crippen LogP contribution is -2.11. The van der Waals surface area contributed by atoms with Crippen LogP contribution in [0.25, 0.3) is 0 Å². The molecule has 3 rings (SSSR count). The topological polar surface area (TPSA) is 38.3 Å². The van der Waals surface area contributed by atoms with Crippen LogP contribution in [0.4, 0.5) is 10.1 Å². The number of thiophene rings is 1. The molecule has 0 aliphatic carbocycles. The molecule has 134 valence electrons. The molecule has 3 aromatic rings. The van der Waals surface area contributed by atoms with Crippen LogP contribution in [0.5, 0.6) is 5.75 Å². The molecule has 0 saturated heterocycles. The molecule has 26 heavy (non-hydrogen) atoms. The van der Waals surface area contributed by atoms with Crippen LogP contribution in [0, 0.1) is 19.7 Å². The van der Waals surface area contributed by atoms with Crippen LogP contribution >= 0.6 is 27.3 Å². The van der Waals surface area contributed by atoms with E-state index in [2.05, 4.69) is 27.3 Å². The normalized spacial score (nSPS) is 10.6. The van der Waals surface area contributed by atoms with Crippen molar-refractivity contribution in [3.63, 3.8) is 0 Å². The van der Waals surface area contributed by atoms with Crippen LogP contribution in [-0.2, 0) is 6.61 Å². The summed E-state index contributed by atoms with van der Waals surface area (Å²) >= 11 is 4.50. The van der Waals surface area contributed by atoms with Crippen LogP contribution in [0.15, 0.2) is 52.3 Å². The van der Waals surface area contributed by atoms with E-state index in [1.54, 1.807) is 12.1 Å². The molecule has 1 heterocycles. The lowest BCUT2D eigenvalue weighted by molar-refractivity contribution is 0.103. The minimum atomic E-state index is -0.484. The predicted octanol–water partition coefficient (Wildman–Crippen LogP) is 6.10. The van der Waals surface area contributed by atoms with Crippen molar-refractivity contribution in [3.05, 3.63) is 79.7 Å². The molecule has 1 N–H and O–H groups in total. The number of nitrogens with one attached hydrogen (secondary N) is 1. The fraction of sp³-hybridized carbons (Fsp3) is 0.150. The standard InChI is InChI=1S/C20H17BrFNO2S/c1-12-3-6-18(13(2)7-12)25-10-14-8-19(26-11-14)20(24)23-17-5-4-15(21)9-16(17)22/h3-9,11H,10H2,1-2H3,(H,23,24). The van der Waals surface area contributed by atoms with E-state index in [4.69, 9.17) is 4.74 Å². The Labute approximate surface area is 164 Å². The van der Waals surface area contributed by atoms with Crippen molar-refractivity contribution in [2.45, 2.75) is 20.5 Å². The second-order valence-corrected chi connectivity index (χ2v) is 7.78. The molecule has 3 nitrogen and oxygen atoms in total. The molecule has 0 saturated carbocycles. The Morgan fingerprint density at radius 2 is 2.00 bits per heavy atom. The third kappa shape index (κ3) is 4.51. The van der Waals surface area contributed by atoms with E-state index < -0.39 is 5.82 Å². The Balaban J connectivity index is 1.64. The molecule has 0 atom stereocenters. The monoisotopic (exact) mass is 433 g/mol. The van der Waals surface area contributed by atoms with Gasteiger partial charge in [0, 0.05) is 10.0 Å². The molecule has 1 aromatic heterocycles. The first kappa shape index (κ1) is 18.6. The highest BCUT2D eigenvalue weighted by Crippen LogP contribution is 2.24. The molecule has 2 aromatic carbocycles. The van der Waals surface area contributed by atoms with Gasteiger partial charge in [0.15, 0.2) is 0 Å². The summed E-state index contributed by atoms with van der Waals surface area (Å²) in [7, 11) is 0. The van der Waals surface area contributed by atoms with Gasteiger partial charge in [0.1, 0.15) is 18.2 Å². The number of halogens is 2. The number of aryl methyl sites for hydroxylation is 2. The molecule has 0 unspecified atom stereocenters. The number of ether oxygens (including phenoxy) is 1. The predicted molar refractivity (Wildman–Crippen MR) is 107 cm³/mol. The Bertz CT molecular complexity index is 955. The number of anilines is 1. The van der Waals surface area contributed by atoms with Crippen molar-refractivity contribution >= 4 is 38.9 Å². The average Bonchev–Trinajstić information content (AvgIpc) is 3.06. The average molecular weight is 434 g/mol. The highest BCUT2D eigenvalue weighted by atomic mass is 79.9. The molecular weight excluding hydrogens is 417 g/mol. The summed E-state index contributed by atoms with van der Waals surface area (Å²) < 4.78 is 20.3. The van der Waals surface area contributed by atoms with E-state index in [0.717, 1.165) is 16.9 Å². The first-order chi connectivity index (χ1) is 12.4. The zero-order valence-corrected chi connectivity index (χ0v) is 16.7. The zero-order chi connectivity index (χ0) is 18.7. The van der Waals surface area contributed by atoms with Gasteiger partial charge in [-0.3, -0.25) is 4.79 Å². The molecule has 0 spiro atoms. The molecule has 0 aliphatic rings. The van der Waals surface area contributed by atoms with Gasteiger partial charge in [0.25, 0.3) is 5.91 Å². The molecule has 1 amide bonds. The zero-order valence-electron chi connectivity index (χ0n) is 14.3. The van der Waals surface area contributed by atoms with Gasteiger partial charge < -0.3 is 10.1 Å². The molecule has 0 fully saturated rings. The second-order valence-electron chi connectivity index (χ2n) is 5.96. The van der Waals surface area contributed by atoms with Crippen LogP contribution < -0.4 is 10.1 Å². The van der Waals surface area contributed by atoms with E-state index in [0.29, 0.717) is 16.0 Å². The number of rotatable bonds is 5. The lowest BCUT2D eigenvalue weighted by Gasteiger charge is -2.08. The van der Waals surface area contributed by atoms with E-state index in [-0.39, 0.29) is 11.6 Å². The molecular formula is C20H17BrFNO2S. The van der Waals surface area contributed by atoms with E-state index in [9.17, 15) is 9.18 Å². The quantitative estimate of drug-likeness (QED) is 0.527. The van der Waals surface area contributed by atoms with E-state index in [1.807, 2.05) is 31.4 Å². The Kier molecular flexibility index (Phi) is 5.74. The van der Waals surface area contributed by atoms with Crippen LogP contribution in [-0.4, -0.2) is 5.91 Å².